The first-order chi connectivity index (χ1) is 13.3. The number of hydrogen-bond acceptors (Lipinski definition) is 5. The third-order valence-corrected chi connectivity index (χ3v) is 5.54. The smallest absolute Gasteiger partial charge is 0.224 e. The number of likely N-dealkylation sites (tertiary alicyclic amines) is 1. The van der Waals surface area contributed by atoms with E-state index in [2.05, 4.69) is 45.3 Å². The van der Waals surface area contributed by atoms with E-state index >= 15 is 0 Å². The Kier molecular flexibility index (Phi) is 5.87. The SMILES string of the molecule is O=C(NCC1CC(c2ccccc2)NN1)C1CCCN(Cc2ccco2)C1. The molecule has 1 aromatic carbocycles. The van der Waals surface area contributed by atoms with Crippen LogP contribution >= 0.6 is 0 Å². The van der Waals surface area contributed by atoms with Gasteiger partial charge in [-0.2, -0.15) is 0 Å². The minimum Gasteiger partial charge on any atom is -0.468 e. The highest BCUT2D eigenvalue weighted by molar-refractivity contribution is 5.79. The van der Waals surface area contributed by atoms with Gasteiger partial charge in [0.2, 0.25) is 5.91 Å². The lowest BCUT2D eigenvalue weighted by atomic mass is 9.96. The summed E-state index contributed by atoms with van der Waals surface area (Å²) < 4.78 is 5.44. The number of hydrogen-bond donors (Lipinski definition) is 3. The van der Waals surface area contributed by atoms with Crippen molar-refractivity contribution in [3.8, 4) is 0 Å². The van der Waals surface area contributed by atoms with Crippen molar-refractivity contribution < 1.29 is 9.21 Å². The van der Waals surface area contributed by atoms with Gasteiger partial charge in [-0.15, -0.1) is 0 Å². The van der Waals surface area contributed by atoms with Crippen LogP contribution < -0.4 is 16.2 Å². The summed E-state index contributed by atoms with van der Waals surface area (Å²) in [7, 11) is 0. The third-order valence-electron chi connectivity index (χ3n) is 5.54. The molecule has 6 heteroatoms. The summed E-state index contributed by atoms with van der Waals surface area (Å²) in [6.07, 6.45) is 4.69. The molecule has 144 valence electrons. The van der Waals surface area contributed by atoms with E-state index < -0.39 is 0 Å². The van der Waals surface area contributed by atoms with Gasteiger partial charge in [0.1, 0.15) is 5.76 Å². The number of benzene rings is 1. The van der Waals surface area contributed by atoms with E-state index in [-0.39, 0.29) is 17.9 Å². The second kappa shape index (κ2) is 8.69. The van der Waals surface area contributed by atoms with Gasteiger partial charge in [0.15, 0.2) is 0 Å². The highest BCUT2D eigenvalue weighted by atomic mass is 16.3. The Morgan fingerprint density at radius 1 is 1.19 bits per heavy atom. The zero-order valence-corrected chi connectivity index (χ0v) is 15.6. The zero-order valence-electron chi connectivity index (χ0n) is 15.6. The topological polar surface area (TPSA) is 69.5 Å². The van der Waals surface area contributed by atoms with Gasteiger partial charge in [0.25, 0.3) is 0 Å². The molecule has 0 spiro atoms. The summed E-state index contributed by atoms with van der Waals surface area (Å²) in [6, 6.07) is 14.9. The number of carbonyl (C=O) groups is 1. The van der Waals surface area contributed by atoms with Crippen LogP contribution in [0.25, 0.3) is 0 Å². The summed E-state index contributed by atoms with van der Waals surface area (Å²) in [5.74, 6) is 1.20. The van der Waals surface area contributed by atoms with Gasteiger partial charge in [-0.25, -0.2) is 5.43 Å². The molecule has 0 bridgehead atoms. The van der Waals surface area contributed by atoms with Crippen molar-refractivity contribution in [2.75, 3.05) is 19.6 Å². The number of amides is 1. The van der Waals surface area contributed by atoms with Crippen LogP contribution in [0, 0.1) is 5.92 Å². The van der Waals surface area contributed by atoms with E-state index in [1.54, 1.807) is 6.26 Å². The molecular formula is C21H28N4O2. The van der Waals surface area contributed by atoms with Crippen LogP contribution in [-0.4, -0.2) is 36.5 Å². The lowest BCUT2D eigenvalue weighted by Gasteiger charge is -2.31. The van der Waals surface area contributed by atoms with Crippen LogP contribution in [0.15, 0.2) is 53.1 Å². The number of nitrogens with one attached hydrogen (secondary N) is 3. The summed E-state index contributed by atoms with van der Waals surface area (Å²) in [6.45, 7) is 3.26. The summed E-state index contributed by atoms with van der Waals surface area (Å²) in [4.78, 5) is 15.0. The molecule has 0 radical (unpaired) electrons. The van der Waals surface area contributed by atoms with Crippen molar-refractivity contribution in [3.63, 3.8) is 0 Å². The predicted octanol–water partition coefficient (Wildman–Crippen LogP) is 2.22. The molecule has 4 rings (SSSR count). The summed E-state index contributed by atoms with van der Waals surface area (Å²) in [5.41, 5.74) is 7.93. The Balaban J connectivity index is 1.22. The Bertz CT molecular complexity index is 719. The number of hydrazine groups is 1. The predicted molar refractivity (Wildman–Crippen MR) is 104 cm³/mol. The van der Waals surface area contributed by atoms with Gasteiger partial charge in [-0.1, -0.05) is 30.3 Å². The molecule has 3 atom stereocenters. The maximum Gasteiger partial charge on any atom is 0.224 e. The van der Waals surface area contributed by atoms with Gasteiger partial charge in [-0.3, -0.25) is 15.1 Å². The normalized spacial score (nSPS) is 26.1. The van der Waals surface area contributed by atoms with Crippen molar-refractivity contribution in [1.82, 2.24) is 21.1 Å². The highest BCUT2D eigenvalue weighted by Gasteiger charge is 2.28. The molecule has 3 heterocycles. The van der Waals surface area contributed by atoms with Gasteiger partial charge in [0, 0.05) is 25.2 Å². The molecule has 6 nitrogen and oxygen atoms in total. The monoisotopic (exact) mass is 368 g/mol. The fourth-order valence-corrected chi connectivity index (χ4v) is 4.06. The van der Waals surface area contributed by atoms with Crippen molar-refractivity contribution >= 4 is 5.91 Å². The molecule has 2 fully saturated rings. The Hall–Kier alpha value is -2.15. The molecule has 1 aromatic heterocycles. The molecule has 0 aliphatic carbocycles. The van der Waals surface area contributed by atoms with E-state index in [1.165, 1.54) is 5.56 Å². The minimum absolute atomic E-state index is 0.0630. The first-order valence-corrected chi connectivity index (χ1v) is 9.86. The van der Waals surface area contributed by atoms with E-state index in [1.807, 2.05) is 18.2 Å². The lowest BCUT2D eigenvalue weighted by Crippen LogP contribution is -2.46. The van der Waals surface area contributed by atoms with Crippen LogP contribution in [0.1, 0.15) is 36.6 Å². The van der Waals surface area contributed by atoms with E-state index in [4.69, 9.17) is 4.42 Å². The van der Waals surface area contributed by atoms with Crippen molar-refractivity contribution in [2.24, 2.45) is 5.92 Å². The first kappa shape index (κ1) is 18.2. The van der Waals surface area contributed by atoms with E-state index in [9.17, 15) is 4.79 Å². The molecule has 27 heavy (non-hydrogen) atoms. The quantitative estimate of drug-likeness (QED) is 0.729. The Morgan fingerprint density at radius 3 is 2.89 bits per heavy atom. The van der Waals surface area contributed by atoms with E-state index in [0.717, 1.165) is 44.7 Å². The standard InChI is InChI=1S/C21H28N4O2/c26-21(17-8-4-10-25(14-17)15-19-9-5-11-27-19)22-13-18-12-20(24-23-18)16-6-2-1-3-7-16/h1-3,5-7,9,11,17-18,20,23-24H,4,8,10,12-15H2,(H,22,26). The van der Waals surface area contributed by atoms with Crippen molar-refractivity contribution in [3.05, 3.63) is 60.1 Å². The van der Waals surface area contributed by atoms with Crippen LogP contribution in [-0.2, 0) is 11.3 Å². The molecule has 3 N–H and O–H groups in total. The second-order valence-electron chi connectivity index (χ2n) is 7.58. The molecule has 2 aliphatic heterocycles. The van der Waals surface area contributed by atoms with Gasteiger partial charge < -0.3 is 9.73 Å². The van der Waals surface area contributed by atoms with Crippen LogP contribution in [0.5, 0.6) is 0 Å². The number of carbonyl (C=O) groups excluding carboxylic acids is 1. The van der Waals surface area contributed by atoms with Gasteiger partial charge in [0.05, 0.1) is 18.7 Å². The van der Waals surface area contributed by atoms with Crippen LogP contribution in [0.4, 0.5) is 0 Å². The molecule has 1 amide bonds. The number of furan rings is 1. The molecule has 0 saturated carbocycles. The van der Waals surface area contributed by atoms with E-state index in [0.29, 0.717) is 12.6 Å². The Morgan fingerprint density at radius 2 is 2.07 bits per heavy atom. The van der Waals surface area contributed by atoms with Gasteiger partial charge in [-0.05, 0) is 43.5 Å². The molecular weight excluding hydrogens is 340 g/mol. The first-order valence-electron chi connectivity index (χ1n) is 9.86. The number of rotatable bonds is 6. The second-order valence-corrected chi connectivity index (χ2v) is 7.58. The number of nitrogens with zero attached hydrogens (tertiary/aromatic N) is 1. The number of piperidine rings is 1. The average molecular weight is 368 g/mol. The molecule has 3 unspecified atom stereocenters. The molecule has 2 saturated heterocycles. The average Bonchev–Trinajstić information content (AvgIpc) is 3.39. The lowest BCUT2D eigenvalue weighted by molar-refractivity contribution is -0.126. The van der Waals surface area contributed by atoms with Crippen LogP contribution in [0.2, 0.25) is 0 Å². The molecule has 2 aliphatic rings. The van der Waals surface area contributed by atoms with Crippen molar-refractivity contribution in [1.29, 1.82) is 0 Å². The summed E-state index contributed by atoms with van der Waals surface area (Å²) >= 11 is 0. The van der Waals surface area contributed by atoms with Crippen molar-refractivity contribution in [2.45, 2.75) is 37.9 Å². The maximum absolute atomic E-state index is 12.6. The van der Waals surface area contributed by atoms with Gasteiger partial charge >= 0.3 is 0 Å². The fraction of sp³-hybridized carbons (Fsp3) is 0.476. The largest absolute Gasteiger partial charge is 0.468 e. The minimum atomic E-state index is 0.0630. The van der Waals surface area contributed by atoms with Crippen LogP contribution in [0.3, 0.4) is 0 Å². The Labute approximate surface area is 160 Å². The zero-order chi connectivity index (χ0) is 18.5. The fourth-order valence-electron chi connectivity index (χ4n) is 4.06. The third kappa shape index (κ3) is 4.77. The maximum atomic E-state index is 12.6. The summed E-state index contributed by atoms with van der Waals surface area (Å²) in [5, 5.41) is 3.15. The highest BCUT2D eigenvalue weighted by Crippen LogP contribution is 2.22. The molecule has 2 aromatic rings.